The van der Waals surface area contributed by atoms with Gasteiger partial charge in [0.05, 0.1) is 22.2 Å². The monoisotopic (exact) mass is 622 g/mol. The third-order valence-corrected chi connectivity index (χ3v) is 9.95. The van der Waals surface area contributed by atoms with E-state index < -0.39 is 0 Å². The van der Waals surface area contributed by atoms with E-state index in [1.54, 1.807) is 0 Å². The van der Waals surface area contributed by atoms with E-state index in [4.69, 9.17) is 4.98 Å². The summed E-state index contributed by atoms with van der Waals surface area (Å²) < 4.78 is 2.41. The highest BCUT2D eigenvalue weighted by molar-refractivity contribution is 6.22. The van der Waals surface area contributed by atoms with Crippen LogP contribution in [0.15, 0.2) is 182 Å². The molecule has 0 saturated carbocycles. The number of pyridine rings is 1. The van der Waals surface area contributed by atoms with Crippen molar-refractivity contribution in [2.75, 3.05) is 0 Å². The summed E-state index contributed by atoms with van der Waals surface area (Å²) in [5.41, 5.74) is 11.4. The third-order valence-electron chi connectivity index (χ3n) is 9.95. The Labute approximate surface area is 284 Å². The van der Waals surface area contributed by atoms with E-state index in [2.05, 4.69) is 187 Å². The number of hydrogen-bond acceptors (Lipinski definition) is 1. The quantitative estimate of drug-likeness (QED) is 0.179. The number of para-hydroxylation sites is 1. The average Bonchev–Trinajstić information content (AvgIpc) is 3.51. The van der Waals surface area contributed by atoms with Crippen LogP contribution in [0.5, 0.6) is 0 Å². The minimum Gasteiger partial charge on any atom is -0.309 e. The average molecular weight is 623 g/mol. The Morgan fingerprint density at radius 1 is 0.347 bits per heavy atom. The normalized spacial score (nSPS) is 11.7. The predicted octanol–water partition coefficient (Wildman–Crippen LogP) is 12.6. The Morgan fingerprint density at radius 3 is 1.63 bits per heavy atom. The number of nitrogens with zero attached hydrogens (tertiary/aromatic N) is 2. The lowest BCUT2D eigenvalue weighted by atomic mass is 9.95. The molecule has 0 bridgehead atoms. The van der Waals surface area contributed by atoms with Crippen LogP contribution in [0.25, 0.3) is 93.5 Å². The van der Waals surface area contributed by atoms with Gasteiger partial charge < -0.3 is 4.57 Å². The van der Waals surface area contributed by atoms with Crippen LogP contribution in [-0.2, 0) is 0 Å². The molecule has 0 saturated heterocycles. The molecule has 0 aliphatic rings. The van der Waals surface area contributed by atoms with Gasteiger partial charge in [0.15, 0.2) is 0 Å². The minimum absolute atomic E-state index is 1.000. The summed E-state index contributed by atoms with van der Waals surface area (Å²) in [6, 6.07) is 65.6. The lowest BCUT2D eigenvalue weighted by Crippen LogP contribution is -1.96. The van der Waals surface area contributed by atoms with Gasteiger partial charge >= 0.3 is 0 Å². The van der Waals surface area contributed by atoms with Crippen LogP contribution in [0.4, 0.5) is 0 Å². The van der Waals surface area contributed by atoms with E-state index in [0.717, 1.165) is 27.8 Å². The van der Waals surface area contributed by atoms with Crippen molar-refractivity contribution in [3.63, 3.8) is 0 Å². The fourth-order valence-corrected chi connectivity index (χ4v) is 7.66. The predicted molar refractivity (Wildman–Crippen MR) is 207 cm³/mol. The second-order valence-corrected chi connectivity index (χ2v) is 12.8. The molecule has 0 aliphatic heterocycles. The van der Waals surface area contributed by atoms with Crippen molar-refractivity contribution in [1.82, 2.24) is 9.55 Å². The zero-order valence-corrected chi connectivity index (χ0v) is 26.7. The SMILES string of the molecule is c1ccc(-c2ccc3c(c2)c2cc(-c4ccccc4)ccc2n3-c2cccc(-c3nc4ccccc4c4c3ccc3ccccc34)c2)cc1. The lowest BCUT2D eigenvalue weighted by Gasteiger charge is -2.14. The van der Waals surface area contributed by atoms with Gasteiger partial charge in [-0.15, -0.1) is 0 Å². The molecule has 0 amide bonds. The molecule has 0 fully saturated rings. The molecular weight excluding hydrogens is 593 g/mol. The molecule has 2 nitrogen and oxygen atoms in total. The van der Waals surface area contributed by atoms with Gasteiger partial charge in [-0.2, -0.15) is 0 Å². The molecule has 0 atom stereocenters. The van der Waals surface area contributed by atoms with Crippen LogP contribution in [0.2, 0.25) is 0 Å². The van der Waals surface area contributed by atoms with Crippen molar-refractivity contribution < 1.29 is 0 Å². The first-order valence-electron chi connectivity index (χ1n) is 16.8. The van der Waals surface area contributed by atoms with Crippen LogP contribution < -0.4 is 0 Å². The summed E-state index contributed by atoms with van der Waals surface area (Å²) in [4.78, 5) is 5.31. The van der Waals surface area contributed by atoms with Gasteiger partial charge in [-0.05, 0) is 75.5 Å². The maximum Gasteiger partial charge on any atom is 0.0789 e. The number of benzene rings is 8. The molecular formula is C47H30N2. The maximum atomic E-state index is 5.31. The van der Waals surface area contributed by atoms with Crippen LogP contribution in [-0.4, -0.2) is 9.55 Å². The summed E-state index contributed by atoms with van der Waals surface area (Å²) in [7, 11) is 0. The maximum absolute atomic E-state index is 5.31. The van der Waals surface area contributed by atoms with Crippen molar-refractivity contribution in [2.45, 2.75) is 0 Å². The Bertz CT molecular complexity index is 2750. The van der Waals surface area contributed by atoms with Crippen molar-refractivity contribution in [2.24, 2.45) is 0 Å². The number of fused-ring (bicyclic) bond motifs is 8. The number of rotatable bonds is 4. The minimum atomic E-state index is 1.000. The molecule has 10 aromatic rings. The summed E-state index contributed by atoms with van der Waals surface area (Å²) >= 11 is 0. The summed E-state index contributed by atoms with van der Waals surface area (Å²) in [5, 5.41) is 8.56. The van der Waals surface area contributed by atoms with E-state index >= 15 is 0 Å². The molecule has 0 spiro atoms. The first-order valence-corrected chi connectivity index (χ1v) is 16.8. The highest BCUT2D eigenvalue weighted by Gasteiger charge is 2.17. The number of hydrogen-bond donors (Lipinski definition) is 0. The number of aromatic nitrogens is 2. The van der Waals surface area contributed by atoms with E-state index in [1.165, 1.54) is 65.6 Å². The van der Waals surface area contributed by atoms with Gasteiger partial charge in [0.2, 0.25) is 0 Å². The van der Waals surface area contributed by atoms with Gasteiger partial charge in [0, 0.05) is 38.2 Å². The van der Waals surface area contributed by atoms with E-state index in [-0.39, 0.29) is 0 Å². The topological polar surface area (TPSA) is 17.8 Å². The van der Waals surface area contributed by atoms with Gasteiger partial charge in [0.1, 0.15) is 0 Å². The molecule has 2 aromatic heterocycles. The van der Waals surface area contributed by atoms with Crippen LogP contribution in [0.1, 0.15) is 0 Å². The fourth-order valence-electron chi connectivity index (χ4n) is 7.66. The van der Waals surface area contributed by atoms with Crippen molar-refractivity contribution in [3.8, 4) is 39.2 Å². The molecule has 0 N–H and O–H groups in total. The summed E-state index contributed by atoms with van der Waals surface area (Å²) in [5.74, 6) is 0. The van der Waals surface area contributed by atoms with Crippen LogP contribution >= 0.6 is 0 Å². The van der Waals surface area contributed by atoms with E-state index in [9.17, 15) is 0 Å². The molecule has 10 rings (SSSR count). The Morgan fingerprint density at radius 2 is 0.939 bits per heavy atom. The molecule has 2 heterocycles. The third kappa shape index (κ3) is 4.46. The molecule has 8 aromatic carbocycles. The molecule has 49 heavy (non-hydrogen) atoms. The van der Waals surface area contributed by atoms with Gasteiger partial charge in [-0.3, -0.25) is 0 Å². The Kier molecular flexibility index (Phi) is 6.22. The van der Waals surface area contributed by atoms with Crippen molar-refractivity contribution in [3.05, 3.63) is 182 Å². The lowest BCUT2D eigenvalue weighted by molar-refractivity contribution is 1.18. The van der Waals surface area contributed by atoms with Crippen molar-refractivity contribution >= 4 is 54.3 Å². The zero-order valence-electron chi connectivity index (χ0n) is 26.7. The van der Waals surface area contributed by atoms with E-state index in [0.29, 0.717) is 0 Å². The Balaban J connectivity index is 1.23. The molecule has 2 heteroatoms. The van der Waals surface area contributed by atoms with Gasteiger partial charge in [0.25, 0.3) is 0 Å². The summed E-state index contributed by atoms with van der Waals surface area (Å²) in [6.07, 6.45) is 0. The van der Waals surface area contributed by atoms with Crippen LogP contribution in [0, 0.1) is 0 Å². The van der Waals surface area contributed by atoms with Gasteiger partial charge in [-0.1, -0.05) is 140 Å². The Hall–Kier alpha value is -6.51. The zero-order chi connectivity index (χ0) is 32.3. The summed E-state index contributed by atoms with van der Waals surface area (Å²) in [6.45, 7) is 0. The largest absolute Gasteiger partial charge is 0.309 e. The van der Waals surface area contributed by atoms with Gasteiger partial charge in [-0.25, -0.2) is 4.98 Å². The molecule has 228 valence electrons. The fraction of sp³-hybridized carbons (Fsp3) is 0. The molecule has 0 aliphatic carbocycles. The van der Waals surface area contributed by atoms with E-state index in [1.807, 2.05) is 0 Å². The molecule has 0 unspecified atom stereocenters. The highest BCUT2D eigenvalue weighted by Crippen LogP contribution is 2.40. The smallest absolute Gasteiger partial charge is 0.0789 e. The first kappa shape index (κ1) is 27.6. The van der Waals surface area contributed by atoms with Crippen molar-refractivity contribution in [1.29, 1.82) is 0 Å². The van der Waals surface area contributed by atoms with Crippen LogP contribution in [0.3, 0.4) is 0 Å². The second-order valence-electron chi connectivity index (χ2n) is 12.8. The first-order chi connectivity index (χ1) is 24.3. The second kappa shape index (κ2) is 11.0. The molecule has 0 radical (unpaired) electrons. The highest BCUT2D eigenvalue weighted by atomic mass is 15.0. The standard InChI is InChI=1S/C47H30N2/c1-3-12-31(13-4-1)34-23-26-44-41(29-34)42-30-35(32-14-5-2-6-15-32)24-27-45(42)49(44)37-18-11-17-36(28-37)47-40-25-22-33-16-7-8-19-38(33)46(40)39-20-9-10-21-43(39)48-47/h1-30H.